The third-order valence-corrected chi connectivity index (χ3v) is 7.86. The highest BCUT2D eigenvalue weighted by Gasteiger charge is 2.46. The summed E-state index contributed by atoms with van der Waals surface area (Å²) in [6.45, 7) is 3.69. The molecule has 0 bridgehead atoms. The molecule has 2 aliphatic rings. The summed E-state index contributed by atoms with van der Waals surface area (Å²) in [6, 6.07) is 19.0. The number of Topliss-reactive ketones (excluding diaryl/α,β-unsaturated/α-hetero) is 1. The number of nitrogens with zero attached hydrogens (tertiary/aromatic N) is 2. The number of rotatable bonds is 4. The first kappa shape index (κ1) is 24.4. The third-order valence-electron chi connectivity index (χ3n) is 7.03. The van der Waals surface area contributed by atoms with Crippen LogP contribution in [-0.2, 0) is 9.59 Å². The van der Waals surface area contributed by atoms with Gasteiger partial charge in [-0.1, -0.05) is 71.7 Å². The molecule has 3 aromatic rings. The van der Waals surface area contributed by atoms with Gasteiger partial charge in [0.25, 0.3) is 5.91 Å². The van der Waals surface area contributed by atoms with Crippen LogP contribution in [-0.4, -0.2) is 22.4 Å². The molecule has 0 saturated heterocycles. The number of carbonyl (C=O) groups excluding carboxylic acids is 2. The van der Waals surface area contributed by atoms with Crippen molar-refractivity contribution >= 4 is 46.4 Å². The van der Waals surface area contributed by atoms with Crippen LogP contribution in [0.1, 0.15) is 48.3 Å². The van der Waals surface area contributed by atoms with Crippen LogP contribution in [0.2, 0.25) is 10.0 Å². The van der Waals surface area contributed by atoms with Crippen LogP contribution in [0.15, 0.2) is 83.1 Å². The quantitative estimate of drug-likeness (QED) is 0.408. The molecule has 5 rings (SSSR count). The number of hydrogen-bond acceptors (Lipinski definition) is 4. The maximum Gasteiger partial charge on any atom is 0.255 e. The van der Waals surface area contributed by atoms with Crippen molar-refractivity contribution in [1.82, 2.24) is 4.98 Å². The van der Waals surface area contributed by atoms with Crippen LogP contribution in [0.3, 0.4) is 0 Å². The summed E-state index contributed by atoms with van der Waals surface area (Å²) in [7, 11) is 0. The van der Waals surface area contributed by atoms with E-state index < -0.39 is 11.8 Å². The van der Waals surface area contributed by atoms with Crippen LogP contribution >= 0.6 is 23.2 Å². The molecule has 1 saturated carbocycles. The molecular weight excluding hydrogens is 493 g/mol. The van der Waals surface area contributed by atoms with E-state index in [0.29, 0.717) is 45.5 Å². The van der Waals surface area contributed by atoms with Crippen molar-refractivity contribution in [2.45, 2.75) is 38.5 Å². The Hall–Kier alpha value is -3.28. The summed E-state index contributed by atoms with van der Waals surface area (Å²) in [6.07, 6.45) is 2.64. The number of amides is 1. The number of aliphatic imine (C=N–C) groups is 1. The molecule has 1 aliphatic carbocycles. The van der Waals surface area contributed by atoms with Crippen molar-refractivity contribution in [3.05, 3.63) is 105 Å². The summed E-state index contributed by atoms with van der Waals surface area (Å²) in [4.78, 5) is 36.6. The topological polar surface area (TPSA) is 71.4 Å². The molecule has 1 fully saturated rings. The fraction of sp³-hybridized carbons (Fsp3) is 0.241. The Balaban J connectivity index is 1.61. The lowest BCUT2D eigenvalue weighted by Gasteiger charge is -2.38. The normalized spacial score (nSPS) is 21.6. The SMILES string of the molecule is CC1=C(C(=O)Nc2ncccc2C)C(c2cccc(Cl)c2Cl)C2C(=O)CC(c3ccccc3)CC2=N1. The van der Waals surface area contributed by atoms with Crippen molar-refractivity contribution in [3.63, 3.8) is 0 Å². The van der Waals surface area contributed by atoms with Crippen molar-refractivity contribution < 1.29 is 9.59 Å². The number of anilines is 1. The van der Waals surface area contributed by atoms with Crippen molar-refractivity contribution in [2.75, 3.05) is 5.32 Å². The highest BCUT2D eigenvalue weighted by molar-refractivity contribution is 6.42. The number of ketones is 1. The molecular formula is C29H25Cl2N3O2. The van der Waals surface area contributed by atoms with Gasteiger partial charge in [-0.25, -0.2) is 4.98 Å². The Morgan fingerprint density at radius 1 is 0.944 bits per heavy atom. The van der Waals surface area contributed by atoms with E-state index >= 15 is 0 Å². The zero-order valence-corrected chi connectivity index (χ0v) is 21.5. The van der Waals surface area contributed by atoms with Gasteiger partial charge in [0.2, 0.25) is 0 Å². The number of carbonyl (C=O) groups is 2. The minimum atomic E-state index is -0.600. The second kappa shape index (κ2) is 10.00. The average Bonchev–Trinajstić information content (AvgIpc) is 2.86. The number of hydrogen-bond donors (Lipinski definition) is 1. The highest BCUT2D eigenvalue weighted by Crippen LogP contribution is 2.48. The Morgan fingerprint density at radius 2 is 1.72 bits per heavy atom. The van der Waals surface area contributed by atoms with Gasteiger partial charge < -0.3 is 5.32 Å². The van der Waals surface area contributed by atoms with Crippen molar-refractivity contribution in [1.29, 1.82) is 0 Å². The number of fused-ring (bicyclic) bond motifs is 1. The second-order valence-electron chi connectivity index (χ2n) is 9.31. The lowest BCUT2D eigenvalue weighted by Crippen LogP contribution is -2.41. The molecule has 2 aromatic carbocycles. The first-order chi connectivity index (χ1) is 17.3. The molecule has 182 valence electrons. The zero-order chi connectivity index (χ0) is 25.4. The molecule has 2 heterocycles. The second-order valence-corrected chi connectivity index (χ2v) is 10.1. The number of pyridine rings is 1. The standard InChI is InChI=1S/C29H25Cl2N3O2/c1-16-8-7-13-32-28(16)34-29(36)24-17(2)33-22-14-19(18-9-4-3-5-10-18)15-23(35)26(22)25(24)20-11-6-12-21(30)27(20)31/h3-13,19,25-26H,14-15H2,1-2H3,(H,32,34,36). The maximum absolute atomic E-state index is 13.8. The first-order valence-corrected chi connectivity index (χ1v) is 12.6. The molecule has 1 aliphatic heterocycles. The molecule has 7 heteroatoms. The number of benzene rings is 2. The third kappa shape index (κ3) is 4.49. The molecule has 3 atom stereocenters. The fourth-order valence-electron chi connectivity index (χ4n) is 5.32. The van der Waals surface area contributed by atoms with E-state index in [-0.39, 0.29) is 17.6 Å². The monoisotopic (exact) mass is 517 g/mol. The Bertz CT molecular complexity index is 1420. The van der Waals surface area contributed by atoms with Crippen LogP contribution < -0.4 is 5.32 Å². The Kier molecular flexibility index (Phi) is 6.78. The molecule has 5 nitrogen and oxygen atoms in total. The zero-order valence-electron chi connectivity index (χ0n) is 20.0. The first-order valence-electron chi connectivity index (χ1n) is 11.9. The lowest BCUT2D eigenvalue weighted by molar-refractivity contribution is -0.122. The van der Waals surface area contributed by atoms with Crippen LogP contribution in [0.4, 0.5) is 5.82 Å². The van der Waals surface area contributed by atoms with Gasteiger partial charge in [0.05, 0.1) is 16.0 Å². The molecule has 1 N–H and O–H groups in total. The summed E-state index contributed by atoms with van der Waals surface area (Å²) in [5.74, 6) is -0.985. The fourth-order valence-corrected chi connectivity index (χ4v) is 5.75. The summed E-state index contributed by atoms with van der Waals surface area (Å²) in [5, 5.41) is 3.64. The van der Waals surface area contributed by atoms with Gasteiger partial charge in [-0.3, -0.25) is 14.6 Å². The maximum atomic E-state index is 13.8. The molecule has 0 spiro atoms. The van der Waals surface area contributed by atoms with E-state index in [9.17, 15) is 9.59 Å². The van der Waals surface area contributed by atoms with Crippen molar-refractivity contribution in [3.8, 4) is 0 Å². The number of allylic oxidation sites excluding steroid dienone is 1. The number of aryl methyl sites for hydroxylation is 1. The Morgan fingerprint density at radius 3 is 2.47 bits per heavy atom. The molecule has 3 unspecified atom stereocenters. The predicted octanol–water partition coefficient (Wildman–Crippen LogP) is 6.91. The van der Waals surface area contributed by atoms with E-state index in [0.717, 1.165) is 16.8 Å². The van der Waals surface area contributed by atoms with E-state index in [1.807, 2.05) is 62.4 Å². The van der Waals surface area contributed by atoms with Crippen LogP contribution in [0, 0.1) is 12.8 Å². The van der Waals surface area contributed by atoms with E-state index in [4.69, 9.17) is 28.2 Å². The number of halogens is 2. The van der Waals surface area contributed by atoms with Gasteiger partial charge in [-0.2, -0.15) is 0 Å². The van der Waals surface area contributed by atoms with Gasteiger partial charge in [0.1, 0.15) is 11.6 Å². The van der Waals surface area contributed by atoms with E-state index in [1.165, 1.54) is 0 Å². The van der Waals surface area contributed by atoms with E-state index in [1.54, 1.807) is 18.3 Å². The van der Waals surface area contributed by atoms with Gasteiger partial charge in [-0.15, -0.1) is 0 Å². The average molecular weight is 518 g/mol. The molecule has 0 radical (unpaired) electrons. The molecule has 1 amide bonds. The highest BCUT2D eigenvalue weighted by atomic mass is 35.5. The summed E-state index contributed by atoms with van der Waals surface area (Å²) in [5.41, 5.74) is 4.35. The largest absolute Gasteiger partial charge is 0.307 e. The minimum Gasteiger partial charge on any atom is -0.307 e. The van der Waals surface area contributed by atoms with E-state index in [2.05, 4.69) is 10.3 Å². The summed E-state index contributed by atoms with van der Waals surface area (Å²) >= 11 is 13.1. The smallest absolute Gasteiger partial charge is 0.255 e. The Labute approximate surface area is 220 Å². The predicted molar refractivity (Wildman–Crippen MR) is 144 cm³/mol. The summed E-state index contributed by atoms with van der Waals surface area (Å²) < 4.78 is 0. The number of nitrogens with one attached hydrogen (secondary N) is 1. The van der Waals surface area contributed by atoms with Crippen LogP contribution in [0.25, 0.3) is 0 Å². The number of aromatic nitrogens is 1. The molecule has 1 aromatic heterocycles. The molecule has 36 heavy (non-hydrogen) atoms. The van der Waals surface area contributed by atoms with Gasteiger partial charge >= 0.3 is 0 Å². The minimum absolute atomic E-state index is 0.0433. The lowest BCUT2D eigenvalue weighted by atomic mass is 9.66. The van der Waals surface area contributed by atoms with Crippen LogP contribution in [0.5, 0.6) is 0 Å². The van der Waals surface area contributed by atoms with Gasteiger partial charge in [0, 0.05) is 35.5 Å². The van der Waals surface area contributed by atoms with Gasteiger partial charge in [-0.05, 0) is 55.0 Å². The van der Waals surface area contributed by atoms with Crippen molar-refractivity contribution in [2.24, 2.45) is 10.9 Å². The van der Waals surface area contributed by atoms with Gasteiger partial charge in [0.15, 0.2) is 0 Å².